The van der Waals surface area contributed by atoms with Crippen LogP contribution < -0.4 is 0 Å². The maximum absolute atomic E-state index is 8.74. The van der Waals surface area contributed by atoms with E-state index in [4.69, 9.17) is 14.4 Å². The van der Waals surface area contributed by atoms with Crippen molar-refractivity contribution in [2.75, 3.05) is 0 Å². The van der Waals surface area contributed by atoms with Crippen molar-refractivity contribution in [3.05, 3.63) is 17.1 Å². The molecule has 1 rings (SSSR count). The molecule has 4 nitrogen and oxygen atoms in total. The average molecular weight is 167 g/mol. The smallest absolute Gasteiger partial charge is 0.314 e. The highest BCUT2D eigenvalue weighted by Gasteiger charge is 1.61. The van der Waals surface area contributed by atoms with E-state index in [0.29, 0.717) is 0 Å². The van der Waals surface area contributed by atoms with Crippen LogP contribution in [0.3, 0.4) is 0 Å². The summed E-state index contributed by atoms with van der Waals surface area (Å²) in [5.41, 5.74) is 1.79. The van der Waals surface area contributed by atoms with E-state index in [-0.39, 0.29) is 0 Å². The van der Waals surface area contributed by atoms with E-state index in [1.165, 1.54) is 0 Å². The van der Waals surface area contributed by atoms with Gasteiger partial charge in [-0.25, -0.2) is 0 Å². The van der Waals surface area contributed by atoms with Gasteiger partial charge in [-0.1, -0.05) is 0 Å². The lowest BCUT2D eigenvalue weighted by molar-refractivity contribution is 0.405. The quantitative estimate of drug-likeness (QED) is 0.552. The van der Waals surface area contributed by atoms with Gasteiger partial charge < -0.3 is 9.79 Å². The van der Waals surface area contributed by atoms with Crippen molar-refractivity contribution >= 4 is 19.6 Å². The molecule has 0 aliphatic rings. The molecule has 0 amide bonds. The van der Waals surface area contributed by atoms with Gasteiger partial charge in [-0.05, 0) is 0 Å². The van der Waals surface area contributed by atoms with Gasteiger partial charge in [-0.15, -0.1) is 11.3 Å². The number of aromatic nitrogens is 1. The molecule has 0 aliphatic heterocycles. The summed E-state index contributed by atoms with van der Waals surface area (Å²) in [6.45, 7) is 0. The summed E-state index contributed by atoms with van der Waals surface area (Å²) >= 11 is 1.60. The maximum Gasteiger partial charge on any atom is 0.314 e. The van der Waals surface area contributed by atoms with Gasteiger partial charge in [0.05, 0.1) is 5.51 Å². The summed E-state index contributed by atoms with van der Waals surface area (Å²) < 4.78 is 8.74. The van der Waals surface area contributed by atoms with Gasteiger partial charge in [0.15, 0.2) is 0 Å². The summed E-state index contributed by atoms with van der Waals surface area (Å²) in [6, 6.07) is 0. The second kappa shape index (κ2) is 5.91. The Morgan fingerprint density at radius 3 is 2.22 bits per heavy atom. The zero-order valence-electron chi connectivity index (χ0n) is 4.39. The van der Waals surface area contributed by atoms with E-state index in [2.05, 4.69) is 4.98 Å². The van der Waals surface area contributed by atoms with Crippen LogP contribution in [0.5, 0.6) is 0 Å². The fourth-order valence-electron chi connectivity index (χ4n) is 0.176. The Balaban J connectivity index is 0.000000148. The third-order valence-electron chi connectivity index (χ3n) is 0.347. The Morgan fingerprint density at radius 1 is 1.56 bits per heavy atom. The lowest BCUT2D eigenvalue weighted by Gasteiger charge is -1.61. The molecule has 9 heavy (non-hydrogen) atoms. The van der Waals surface area contributed by atoms with Crippen molar-refractivity contribution < 1.29 is 14.4 Å². The first kappa shape index (κ1) is 8.78. The van der Waals surface area contributed by atoms with Crippen molar-refractivity contribution in [1.29, 1.82) is 0 Å². The predicted octanol–water partition coefficient (Wildman–Crippen LogP) is 0.504. The van der Waals surface area contributed by atoms with Crippen molar-refractivity contribution in [3.63, 3.8) is 0 Å². The minimum absolute atomic E-state index is 1.60. The molecule has 0 radical (unpaired) electrons. The summed E-state index contributed by atoms with van der Waals surface area (Å²) in [5, 5.41) is 1.93. The summed E-state index contributed by atoms with van der Waals surface area (Å²) in [5.74, 6) is 0. The van der Waals surface area contributed by atoms with Gasteiger partial charge >= 0.3 is 8.25 Å². The molecule has 0 unspecified atom stereocenters. The highest BCUT2D eigenvalue weighted by atomic mass is 32.1. The van der Waals surface area contributed by atoms with Crippen LogP contribution in [-0.2, 0) is 4.57 Å². The molecular weight excluding hydrogens is 161 g/mol. The zero-order chi connectivity index (χ0) is 7.11. The third kappa shape index (κ3) is 11.4. The second-order valence-electron chi connectivity index (χ2n) is 0.958. The van der Waals surface area contributed by atoms with E-state index in [9.17, 15) is 0 Å². The molecular formula is C3H6NO3PS. The SMILES string of the molecule is O=[PH](O)O.c1cscn1. The third-order valence-corrected chi connectivity index (χ3v) is 0.869. The van der Waals surface area contributed by atoms with Crippen molar-refractivity contribution in [1.82, 2.24) is 4.98 Å². The normalized spacial score (nSPS) is 8.33. The fraction of sp³-hybridized carbons (Fsp3) is 0. The Hall–Kier alpha value is -0.220. The topological polar surface area (TPSA) is 70.4 Å². The van der Waals surface area contributed by atoms with Gasteiger partial charge in [-0.2, -0.15) is 0 Å². The minimum atomic E-state index is -3.13. The zero-order valence-corrected chi connectivity index (χ0v) is 6.21. The van der Waals surface area contributed by atoms with Crippen molar-refractivity contribution in [2.24, 2.45) is 0 Å². The summed E-state index contributed by atoms with van der Waals surface area (Å²) in [6.07, 6.45) is 1.77. The predicted molar refractivity (Wildman–Crippen MR) is 35.6 cm³/mol. The molecule has 0 saturated heterocycles. The van der Waals surface area contributed by atoms with Gasteiger partial charge in [-0.3, -0.25) is 9.55 Å². The Morgan fingerprint density at radius 2 is 2.11 bits per heavy atom. The van der Waals surface area contributed by atoms with Crippen LogP contribution in [0.4, 0.5) is 0 Å². The number of thiazole rings is 1. The monoisotopic (exact) mass is 167 g/mol. The number of hydrogen-bond acceptors (Lipinski definition) is 3. The van der Waals surface area contributed by atoms with Gasteiger partial charge in [0, 0.05) is 11.6 Å². The highest BCUT2D eigenvalue weighted by Crippen LogP contribution is 1.98. The first-order valence-electron chi connectivity index (χ1n) is 1.97. The molecule has 0 bridgehead atoms. The first-order chi connectivity index (χ1) is 4.23. The largest absolute Gasteiger partial charge is 0.326 e. The maximum atomic E-state index is 8.74. The first-order valence-corrected chi connectivity index (χ1v) is 4.22. The number of nitrogens with zero attached hydrogens (tertiary/aromatic N) is 1. The molecule has 0 aliphatic carbocycles. The van der Waals surface area contributed by atoms with Crippen molar-refractivity contribution in [3.8, 4) is 0 Å². The molecule has 0 atom stereocenters. The Bertz CT molecular complexity index is 133. The van der Waals surface area contributed by atoms with E-state index in [1.807, 2.05) is 5.38 Å². The van der Waals surface area contributed by atoms with E-state index in [1.54, 1.807) is 23.0 Å². The molecule has 1 heterocycles. The fourth-order valence-corrected chi connectivity index (χ4v) is 0.527. The minimum Gasteiger partial charge on any atom is -0.326 e. The van der Waals surface area contributed by atoms with Crippen LogP contribution in [0.25, 0.3) is 0 Å². The standard InChI is InChI=1S/C3H3NS.H3O3P/c1-2-5-3-4-1;1-4(2)3/h1-3H;4H,(H2,1,2,3). The molecule has 0 fully saturated rings. The Labute approximate surface area is 56.8 Å². The van der Waals surface area contributed by atoms with Crippen molar-refractivity contribution in [2.45, 2.75) is 0 Å². The number of hydrogen-bond donors (Lipinski definition) is 2. The van der Waals surface area contributed by atoms with E-state index < -0.39 is 8.25 Å². The lowest BCUT2D eigenvalue weighted by Crippen LogP contribution is -1.38. The molecule has 1 aromatic heterocycles. The molecule has 6 heteroatoms. The molecule has 0 saturated carbocycles. The van der Waals surface area contributed by atoms with Gasteiger partial charge in [0.25, 0.3) is 0 Å². The van der Waals surface area contributed by atoms with Crippen LogP contribution in [0.2, 0.25) is 0 Å². The summed E-state index contributed by atoms with van der Waals surface area (Å²) in [4.78, 5) is 18.1. The highest BCUT2D eigenvalue weighted by molar-refractivity contribution is 7.30. The molecule has 2 N–H and O–H groups in total. The average Bonchev–Trinajstić information content (AvgIpc) is 2.11. The lowest BCUT2D eigenvalue weighted by atomic mass is 11.0. The summed E-state index contributed by atoms with van der Waals surface area (Å²) in [7, 11) is -3.13. The van der Waals surface area contributed by atoms with Crippen LogP contribution in [0.15, 0.2) is 17.1 Å². The van der Waals surface area contributed by atoms with Gasteiger partial charge in [0.2, 0.25) is 0 Å². The number of rotatable bonds is 0. The second-order valence-corrected chi connectivity index (χ2v) is 2.28. The Kier molecular flexibility index (Phi) is 5.76. The van der Waals surface area contributed by atoms with Crippen LogP contribution in [-0.4, -0.2) is 14.8 Å². The van der Waals surface area contributed by atoms with Crippen LogP contribution in [0, 0.1) is 0 Å². The van der Waals surface area contributed by atoms with E-state index >= 15 is 0 Å². The molecule has 52 valence electrons. The molecule has 0 aromatic carbocycles. The molecule has 0 spiro atoms. The molecule has 1 aromatic rings. The van der Waals surface area contributed by atoms with E-state index in [0.717, 1.165) is 0 Å². The van der Waals surface area contributed by atoms with Crippen LogP contribution in [0.1, 0.15) is 0 Å². The van der Waals surface area contributed by atoms with Crippen LogP contribution >= 0.6 is 19.6 Å². The van der Waals surface area contributed by atoms with Gasteiger partial charge in [0.1, 0.15) is 0 Å².